The van der Waals surface area contributed by atoms with Gasteiger partial charge in [-0.15, -0.1) is 0 Å². The second-order valence-corrected chi connectivity index (χ2v) is 10.2. The molecule has 0 bridgehead atoms. The van der Waals surface area contributed by atoms with E-state index in [9.17, 15) is 19.5 Å². The Kier molecular flexibility index (Phi) is 7.93. The van der Waals surface area contributed by atoms with Gasteiger partial charge >= 0.3 is 12.1 Å². The second-order valence-electron chi connectivity index (χ2n) is 10.2. The molecule has 3 aromatic carbocycles. The van der Waals surface area contributed by atoms with E-state index in [0.717, 1.165) is 28.8 Å². The average molecular weight is 528 g/mol. The molecule has 39 heavy (non-hydrogen) atoms. The lowest BCUT2D eigenvalue weighted by Gasteiger charge is -2.41. The molecule has 8 nitrogen and oxygen atoms in total. The SMILES string of the molecule is CC1CN(C(=O)C(CC(=O)O)NC(=O)OCC2c3ccccc3-c3ccccc32)CCN1Cc1ccccc1. The number of alkyl carbamates (subject to hydrolysis) is 1. The lowest BCUT2D eigenvalue weighted by Crippen LogP contribution is -2.58. The summed E-state index contributed by atoms with van der Waals surface area (Å²) in [5.74, 6) is -1.70. The first-order chi connectivity index (χ1) is 18.9. The number of rotatable bonds is 8. The third kappa shape index (κ3) is 5.96. The van der Waals surface area contributed by atoms with E-state index in [2.05, 4.69) is 34.5 Å². The van der Waals surface area contributed by atoms with Crippen molar-refractivity contribution in [2.75, 3.05) is 26.2 Å². The molecule has 0 saturated carbocycles. The fraction of sp³-hybridized carbons (Fsp3) is 0.323. The van der Waals surface area contributed by atoms with Crippen LogP contribution >= 0.6 is 0 Å². The van der Waals surface area contributed by atoms with Gasteiger partial charge in [-0.05, 0) is 34.7 Å². The van der Waals surface area contributed by atoms with Crippen molar-refractivity contribution >= 4 is 18.0 Å². The van der Waals surface area contributed by atoms with Gasteiger partial charge in [-0.25, -0.2) is 4.79 Å². The Hall–Kier alpha value is -4.17. The highest BCUT2D eigenvalue weighted by Crippen LogP contribution is 2.44. The minimum Gasteiger partial charge on any atom is -0.481 e. The van der Waals surface area contributed by atoms with E-state index >= 15 is 0 Å². The molecule has 2 amide bonds. The number of benzene rings is 3. The van der Waals surface area contributed by atoms with Crippen LogP contribution in [0.2, 0.25) is 0 Å². The zero-order valence-electron chi connectivity index (χ0n) is 22.0. The summed E-state index contributed by atoms with van der Waals surface area (Å²) in [4.78, 5) is 41.7. The predicted molar refractivity (Wildman–Crippen MR) is 147 cm³/mol. The van der Waals surface area contributed by atoms with Crippen LogP contribution in [0.3, 0.4) is 0 Å². The quantitative estimate of drug-likeness (QED) is 0.458. The number of aliphatic carboxylic acids is 1. The highest BCUT2D eigenvalue weighted by atomic mass is 16.5. The van der Waals surface area contributed by atoms with Crippen molar-refractivity contribution in [2.45, 2.75) is 37.9 Å². The number of carbonyl (C=O) groups is 3. The fourth-order valence-corrected chi connectivity index (χ4v) is 5.63. The van der Waals surface area contributed by atoms with Crippen molar-refractivity contribution in [3.63, 3.8) is 0 Å². The van der Waals surface area contributed by atoms with Crippen LogP contribution in [0.25, 0.3) is 11.1 Å². The van der Waals surface area contributed by atoms with E-state index in [1.54, 1.807) is 4.90 Å². The van der Waals surface area contributed by atoms with E-state index in [4.69, 9.17) is 4.74 Å². The zero-order chi connectivity index (χ0) is 27.4. The van der Waals surface area contributed by atoms with Crippen LogP contribution in [-0.2, 0) is 20.9 Å². The third-order valence-corrected chi connectivity index (χ3v) is 7.62. The average Bonchev–Trinajstić information content (AvgIpc) is 3.26. The molecule has 2 unspecified atom stereocenters. The van der Waals surface area contributed by atoms with E-state index in [1.165, 1.54) is 5.56 Å². The van der Waals surface area contributed by atoms with Gasteiger partial charge in [0, 0.05) is 38.1 Å². The van der Waals surface area contributed by atoms with Gasteiger partial charge in [0.25, 0.3) is 0 Å². The first-order valence-corrected chi connectivity index (χ1v) is 13.3. The number of amides is 2. The largest absolute Gasteiger partial charge is 0.481 e. The number of carbonyl (C=O) groups excluding carboxylic acids is 2. The van der Waals surface area contributed by atoms with Gasteiger partial charge in [0.2, 0.25) is 5.91 Å². The molecule has 0 spiro atoms. The van der Waals surface area contributed by atoms with Gasteiger partial charge in [0.1, 0.15) is 12.6 Å². The summed E-state index contributed by atoms with van der Waals surface area (Å²) >= 11 is 0. The van der Waals surface area contributed by atoms with E-state index in [1.807, 2.05) is 61.5 Å². The Balaban J connectivity index is 1.20. The Labute approximate surface area is 228 Å². The lowest BCUT2D eigenvalue weighted by atomic mass is 9.98. The van der Waals surface area contributed by atoms with Crippen LogP contribution < -0.4 is 5.32 Å². The summed E-state index contributed by atoms with van der Waals surface area (Å²) < 4.78 is 5.57. The van der Waals surface area contributed by atoms with Gasteiger partial charge in [-0.1, -0.05) is 78.9 Å². The molecule has 1 aliphatic heterocycles. The summed E-state index contributed by atoms with van der Waals surface area (Å²) in [7, 11) is 0. The van der Waals surface area contributed by atoms with Gasteiger partial charge < -0.3 is 20.1 Å². The van der Waals surface area contributed by atoms with E-state index < -0.39 is 30.4 Å². The molecule has 0 aromatic heterocycles. The molecule has 2 aliphatic rings. The monoisotopic (exact) mass is 527 g/mol. The molecule has 2 atom stereocenters. The van der Waals surface area contributed by atoms with Crippen LogP contribution in [0.5, 0.6) is 0 Å². The van der Waals surface area contributed by atoms with Gasteiger partial charge in [-0.2, -0.15) is 0 Å². The highest BCUT2D eigenvalue weighted by Gasteiger charge is 2.34. The first-order valence-electron chi connectivity index (χ1n) is 13.3. The minimum atomic E-state index is -1.20. The topological polar surface area (TPSA) is 99.2 Å². The van der Waals surface area contributed by atoms with Gasteiger partial charge in [0.15, 0.2) is 0 Å². The lowest BCUT2D eigenvalue weighted by molar-refractivity contribution is -0.143. The molecule has 202 valence electrons. The second kappa shape index (κ2) is 11.7. The Morgan fingerprint density at radius 2 is 1.54 bits per heavy atom. The van der Waals surface area contributed by atoms with Crippen molar-refractivity contribution < 1.29 is 24.2 Å². The van der Waals surface area contributed by atoms with Crippen LogP contribution in [0.15, 0.2) is 78.9 Å². The van der Waals surface area contributed by atoms with Gasteiger partial charge in [0.05, 0.1) is 6.42 Å². The molecule has 1 heterocycles. The molecule has 1 fully saturated rings. The maximum Gasteiger partial charge on any atom is 0.407 e. The van der Waals surface area contributed by atoms with Crippen molar-refractivity contribution in [1.29, 1.82) is 0 Å². The van der Waals surface area contributed by atoms with Crippen molar-refractivity contribution in [3.8, 4) is 11.1 Å². The first kappa shape index (κ1) is 26.4. The number of ether oxygens (including phenoxy) is 1. The summed E-state index contributed by atoms with van der Waals surface area (Å²) in [5.41, 5.74) is 5.58. The summed E-state index contributed by atoms with van der Waals surface area (Å²) in [5, 5.41) is 12.0. The van der Waals surface area contributed by atoms with Gasteiger partial charge in [-0.3, -0.25) is 14.5 Å². The third-order valence-electron chi connectivity index (χ3n) is 7.62. The molecule has 2 N–H and O–H groups in total. The molecular formula is C31H33N3O5. The van der Waals surface area contributed by atoms with Crippen LogP contribution in [-0.4, -0.2) is 71.2 Å². The van der Waals surface area contributed by atoms with Crippen molar-refractivity contribution in [1.82, 2.24) is 15.1 Å². The molecule has 8 heteroatoms. The Bertz CT molecular complexity index is 1300. The van der Waals surface area contributed by atoms with E-state index in [0.29, 0.717) is 19.6 Å². The van der Waals surface area contributed by atoms with Crippen molar-refractivity contribution in [3.05, 3.63) is 95.6 Å². The highest BCUT2D eigenvalue weighted by molar-refractivity contribution is 5.89. The Morgan fingerprint density at radius 3 is 2.15 bits per heavy atom. The summed E-state index contributed by atoms with van der Waals surface area (Å²) in [6.07, 6.45) is -1.31. The standard InChI is InChI=1S/C31H33N3O5/c1-21-18-34(16-15-33(21)19-22-9-3-2-4-10-22)30(37)28(17-29(35)36)32-31(38)39-20-27-25-13-7-5-11-23(25)24-12-6-8-14-26(24)27/h2-14,21,27-28H,15-20H2,1H3,(H,32,38)(H,35,36). The Morgan fingerprint density at radius 1 is 0.923 bits per heavy atom. The predicted octanol–water partition coefficient (Wildman–Crippen LogP) is 4.10. The number of nitrogens with zero attached hydrogens (tertiary/aromatic N) is 2. The number of fused-ring (bicyclic) bond motifs is 3. The molecular weight excluding hydrogens is 494 g/mol. The normalized spacial score (nSPS) is 17.7. The molecule has 1 aliphatic carbocycles. The van der Waals surface area contributed by atoms with E-state index in [-0.39, 0.29) is 18.6 Å². The maximum atomic E-state index is 13.3. The number of carboxylic acids is 1. The number of carboxylic acid groups (broad SMARTS) is 1. The van der Waals surface area contributed by atoms with Crippen LogP contribution in [0.4, 0.5) is 4.79 Å². The summed E-state index contributed by atoms with van der Waals surface area (Å²) in [6, 6.07) is 25.1. The smallest absolute Gasteiger partial charge is 0.407 e. The summed E-state index contributed by atoms with van der Waals surface area (Å²) in [6.45, 7) is 4.48. The zero-order valence-corrected chi connectivity index (χ0v) is 22.0. The molecule has 5 rings (SSSR count). The molecule has 3 aromatic rings. The fourth-order valence-electron chi connectivity index (χ4n) is 5.63. The molecule has 0 radical (unpaired) electrons. The van der Waals surface area contributed by atoms with Crippen LogP contribution in [0.1, 0.15) is 36.0 Å². The number of hydrogen-bond donors (Lipinski definition) is 2. The number of nitrogens with one attached hydrogen (secondary N) is 1. The van der Waals surface area contributed by atoms with Crippen molar-refractivity contribution in [2.24, 2.45) is 0 Å². The van der Waals surface area contributed by atoms with Crippen LogP contribution in [0, 0.1) is 0 Å². The molecule has 1 saturated heterocycles. The number of piperazine rings is 1. The number of hydrogen-bond acceptors (Lipinski definition) is 5. The maximum absolute atomic E-state index is 13.3. The minimum absolute atomic E-state index is 0.0860.